The molecule has 0 saturated heterocycles. The highest BCUT2D eigenvalue weighted by Crippen LogP contribution is 2.22. The Labute approximate surface area is 115 Å². The lowest BCUT2D eigenvalue weighted by Crippen LogP contribution is -2.22. The van der Waals surface area contributed by atoms with Gasteiger partial charge >= 0.3 is 0 Å². The first-order chi connectivity index (χ1) is 9.65. The minimum absolute atomic E-state index is 0.00984. The van der Waals surface area contributed by atoms with Crippen molar-refractivity contribution in [2.24, 2.45) is 0 Å². The second-order valence-electron chi connectivity index (χ2n) is 4.48. The molecule has 0 N–H and O–H groups in total. The zero-order chi connectivity index (χ0) is 14.1. The third kappa shape index (κ3) is 2.11. The van der Waals surface area contributed by atoms with E-state index in [9.17, 15) is 4.79 Å². The molecule has 0 fully saturated rings. The predicted molar refractivity (Wildman–Crippen MR) is 75.3 cm³/mol. The number of nitrogens with zero attached hydrogens (tertiary/aromatic N) is 5. The van der Waals surface area contributed by atoms with Gasteiger partial charge in [0.15, 0.2) is 5.65 Å². The van der Waals surface area contributed by atoms with Crippen LogP contribution in [0.1, 0.15) is 6.92 Å². The summed E-state index contributed by atoms with van der Waals surface area (Å²) in [6.07, 6.45) is 1.56. The van der Waals surface area contributed by atoms with E-state index in [1.807, 2.05) is 36.4 Å². The van der Waals surface area contributed by atoms with Gasteiger partial charge in [0.1, 0.15) is 6.33 Å². The summed E-state index contributed by atoms with van der Waals surface area (Å²) in [5.74, 6) is -0.00984. The Morgan fingerprint density at radius 3 is 2.90 bits per heavy atom. The molecule has 0 aliphatic rings. The molecule has 1 aromatic carbocycles. The standard InChI is InChI=1S/C14H13N5O/c1-10(20)18(2)12-5-3-4-11(8-12)13-6-7-14-16-15-9-19(14)17-13/h3-9H,1-2H3. The van der Waals surface area contributed by atoms with Gasteiger partial charge in [0, 0.05) is 25.2 Å². The summed E-state index contributed by atoms with van der Waals surface area (Å²) in [5.41, 5.74) is 3.27. The van der Waals surface area contributed by atoms with Gasteiger partial charge in [-0.05, 0) is 24.3 Å². The molecule has 3 rings (SSSR count). The Morgan fingerprint density at radius 2 is 2.10 bits per heavy atom. The lowest BCUT2D eigenvalue weighted by Gasteiger charge is -2.15. The number of hydrogen-bond acceptors (Lipinski definition) is 4. The second kappa shape index (κ2) is 4.73. The van der Waals surface area contributed by atoms with Gasteiger partial charge in [-0.1, -0.05) is 12.1 Å². The molecular weight excluding hydrogens is 254 g/mol. The maximum Gasteiger partial charge on any atom is 0.223 e. The topological polar surface area (TPSA) is 63.4 Å². The number of anilines is 1. The third-order valence-corrected chi connectivity index (χ3v) is 3.16. The zero-order valence-corrected chi connectivity index (χ0v) is 11.2. The van der Waals surface area contributed by atoms with Gasteiger partial charge in [0.25, 0.3) is 0 Å². The Kier molecular flexibility index (Phi) is 2.90. The zero-order valence-electron chi connectivity index (χ0n) is 11.2. The maximum absolute atomic E-state index is 11.4. The number of fused-ring (bicyclic) bond motifs is 1. The van der Waals surface area contributed by atoms with Gasteiger partial charge in [0.05, 0.1) is 5.69 Å². The molecule has 0 spiro atoms. The molecule has 20 heavy (non-hydrogen) atoms. The van der Waals surface area contributed by atoms with E-state index >= 15 is 0 Å². The molecule has 0 radical (unpaired) electrons. The van der Waals surface area contributed by atoms with Crippen LogP contribution in [0.25, 0.3) is 16.9 Å². The summed E-state index contributed by atoms with van der Waals surface area (Å²) in [5, 5.41) is 12.2. The third-order valence-electron chi connectivity index (χ3n) is 3.16. The van der Waals surface area contributed by atoms with E-state index in [4.69, 9.17) is 0 Å². The van der Waals surface area contributed by atoms with Crippen molar-refractivity contribution in [2.45, 2.75) is 6.92 Å². The highest BCUT2D eigenvalue weighted by Gasteiger charge is 2.08. The molecule has 1 amide bonds. The molecule has 2 aromatic heterocycles. The summed E-state index contributed by atoms with van der Waals surface area (Å²) < 4.78 is 1.62. The lowest BCUT2D eigenvalue weighted by molar-refractivity contribution is -0.116. The van der Waals surface area contributed by atoms with E-state index in [2.05, 4.69) is 15.3 Å². The molecule has 0 atom stereocenters. The van der Waals surface area contributed by atoms with Gasteiger partial charge in [-0.25, -0.2) is 0 Å². The molecule has 0 aliphatic carbocycles. The quantitative estimate of drug-likeness (QED) is 0.710. The van der Waals surface area contributed by atoms with Crippen molar-refractivity contribution in [3.05, 3.63) is 42.7 Å². The minimum Gasteiger partial charge on any atom is -0.316 e. The van der Waals surface area contributed by atoms with Crippen molar-refractivity contribution >= 4 is 17.2 Å². The van der Waals surface area contributed by atoms with Crippen LogP contribution in [0.3, 0.4) is 0 Å². The Bertz CT molecular complexity index is 780. The number of amides is 1. The van der Waals surface area contributed by atoms with E-state index in [-0.39, 0.29) is 5.91 Å². The maximum atomic E-state index is 11.4. The van der Waals surface area contributed by atoms with Crippen LogP contribution in [0.4, 0.5) is 5.69 Å². The predicted octanol–water partition coefficient (Wildman–Crippen LogP) is 1.77. The first kappa shape index (κ1) is 12.3. The van der Waals surface area contributed by atoms with Crippen LogP contribution in [-0.2, 0) is 4.79 Å². The molecule has 0 bridgehead atoms. The van der Waals surface area contributed by atoms with Crippen molar-refractivity contribution in [2.75, 3.05) is 11.9 Å². The molecule has 0 aliphatic heterocycles. The van der Waals surface area contributed by atoms with Gasteiger partial charge < -0.3 is 4.90 Å². The normalized spacial score (nSPS) is 10.7. The summed E-state index contributed by atoms with van der Waals surface area (Å²) in [4.78, 5) is 13.0. The summed E-state index contributed by atoms with van der Waals surface area (Å²) >= 11 is 0. The fraction of sp³-hybridized carbons (Fsp3) is 0.143. The van der Waals surface area contributed by atoms with Crippen molar-refractivity contribution in [1.82, 2.24) is 19.8 Å². The highest BCUT2D eigenvalue weighted by molar-refractivity contribution is 5.91. The van der Waals surface area contributed by atoms with Crippen molar-refractivity contribution in [3.8, 4) is 11.3 Å². The fourth-order valence-corrected chi connectivity index (χ4v) is 1.94. The van der Waals surface area contributed by atoms with E-state index < -0.39 is 0 Å². The number of aromatic nitrogens is 4. The van der Waals surface area contributed by atoms with E-state index in [1.165, 1.54) is 6.92 Å². The highest BCUT2D eigenvalue weighted by atomic mass is 16.2. The smallest absolute Gasteiger partial charge is 0.223 e. The van der Waals surface area contributed by atoms with E-state index in [0.717, 1.165) is 16.9 Å². The number of rotatable bonds is 2. The summed E-state index contributed by atoms with van der Waals surface area (Å²) in [6, 6.07) is 11.4. The van der Waals surface area contributed by atoms with Crippen LogP contribution in [0, 0.1) is 0 Å². The SMILES string of the molecule is CC(=O)N(C)c1cccc(-c2ccc3nncn3n2)c1. The van der Waals surface area contributed by atoms with Gasteiger partial charge in [-0.15, -0.1) is 10.2 Å². The van der Waals surface area contributed by atoms with Gasteiger partial charge in [-0.3, -0.25) is 4.79 Å². The fourth-order valence-electron chi connectivity index (χ4n) is 1.94. The second-order valence-corrected chi connectivity index (χ2v) is 4.48. The monoisotopic (exact) mass is 267 g/mol. The van der Waals surface area contributed by atoms with Crippen LogP contribution in [0.15, 0.2) is 42.7 Å². The van der Waals surface area contributed by atoms with Crippen molar-refractivity contribution in [3.63, 3.8) is 0 Å². The van der Waals surface area contributed by atoms with Gasteiger partial charge in [0.2, 0.25) is 5.91 Å². The molecule has 100 valence electrons. The number of carbonyl (C=O) groups is 1. The lowest BCUT2D eigenvalue weighted by atomic mass is 10.1. The molecule has 0 saturated carbocycles. The van der Waals surface area contributed by atoms with Crippen LogP contribution < -0.4 is 4.90 Å². The molecular formula is C14H13N5O. The van der Waals surface area contributed by atoms with E-state index in [0.29, 0.717) is 5.65 Å². The molecule has 6 nitrogen and oxygen atoms in total. The number of hydrogen-bond donors (Lipinski definition) is 0. The molecule has 2 heterocycles. The van der Waals surface area contributed by atoms with Crippen LogP contribution in [-0.4, -0.2) is 32.8 Å². The Balaban J connectivity index is 2.05. The first-order valence-corrected chi connectivity index (χ1v) is 6.17. The summed E-state index contributed by atoms with van der Waals surface area (Å²) in [7, 11) is 1.75. The van der Waals surface area contributed by atoms with Crippen LogP contribution in [0.5, 0.6) is 0 Å². The van der Waals surface area contributed by atoms with Crippen LogP contribution >= 0.6 is 0 Å². The number of benzene rings is 1. The minimum atomic E-state index is -0.00984. The average molecular weight is 267 g/mol. The Morgan fingerprint density at radius 1 is 1.25 bits per heavy atom. The van der Waals surface area contributed by atoms with Crippen LogP contribution in [0.2, 0.25) is 0 Å². The summed E-state index contributed by atoms with van der Waals surface area (Å²) in [6.45, 7) is 1.54. The van der Waals surface area contributed by atoms with Crippen molar-refractivity contribution in [1.29, 1.82) is 0 Å². The largest absolute Gasteiger partial charge is 0.316 e. The molecule has 3 aromatic rings. The molecule has 6 heteroatoms. The molecule has 0 unspecified atom stereocenters. The van der Waals surface area contributed by atoms with E-state index in [1.54, 1.807) is 22.8 Å². The Hall–Kier alpha value is -2.76. The first-order valence-electron chi connectivity index (χ1n) is 6.17. The van der Waals surface area contributed by atoms with Gasteiger partial charge in [-0.2, -0.15) is 9.61 Å². The van der Waals surface area contributed by atoms with Crippen molar-refractivity contribution < 1.29 is 4.79 Å². The average Bonchev–Trinajstić information content (AvgIpc) is 2.93. The number of carbonyl (C=O) groups excluding carboxylic acids is 1.